The molecule has 18 heavy (non-hydrogen) atoms. The summed E-state index contributed by atoms with van der Waals surface area (Å²) in [5.41, 5.74) is 0.942. The number of nitrogens with one attached hydrogen (secondary N) is 1. The first kappa shape index (κ1) is 13.8. The molecule has 0 saturated heterocycles. The first-order valence-electron chi connectivity index (χ1n) is 6.52. The van der Waals surface area contributed by atoms with Crippen molar-refractivity contribution in [3.8, 4) is 0 Å². The third kappa shape index (κ3) is 3.67. The normalized spacial score (nSPS) is 24.8. The summed E-state index contributed by atoms with van der Waals surface area (Å²) in [4.78, 5) is 0. The highest BCUT2D eigenvalue weighted by Gasteiger charge is 2.20. The molecule has 1 fully saturated rings. The molecule has 0 amide bonds. The Morgan fingerprint density at radius 3 is 2.83 bits per heavy atom. The van der Waals surface area contributed by atoms with Gasteiger partial charge in [-0.05, 0) is 30.5 Å². The van der Waals surface area contributed by atoms with Crippen molar-refractivity contribution >= 4 is 11.6 Å². The van der Waals surface area contributed by atoms with Gasteiger partial charge in [0.25, 0.3) is 0 Å². The summed E-state index contributed by atoms with van der Waals surface area (Å²) in [6.45, 7) is 0.613. The van der Waals surface area contributed by atoms with Crippen molar-refractivity contribution in [3.63, 3.8) is 0 Å². The van der Waals surface area contributed by atoms with Crippen LogP contribution in [0.2, 0.25) is 5.02 Å². The first-order chi connectivity index (χ1) is 8.66. The van der Waals surface area contributed by atoms with E-state index < -0.39 is 5.82 Å². The maximum Gasteiger partial charge on any atom is 0.141 e. The fourth-order valence-electron chi connectivity index (χ4n) is 2.42. The average Bonchev–Trinajstić information content (AvgIpc) is 2.56. The Hall–Kier alpha value is -0.640. The van der Waals surface area contributed by atoms with Crippen LogP contribution in [0.3, 0.4) is 0 Å². The molecule has 1 aliphatic rings. The zero-order valence-electron chi connectivity index (χ0n) is 10.3. The Morgan fingerprint density at radius 1 is 1.28 bits per heavy atom. The SMILES string of the molecule is OC1CCCCCC1NCc1ccc(F)c(Cl)c1. The Kier molecular flexibility index (Phi) is 4.98. The lowest BCUT2D eigenvalue weighted by atomic mass is 10.1. The highest BCUT2D eigenvalue weighted by molar-refractivity contribution is 6.30. The van der Waals surface area contributed by atoms with Crippen LogP contribution in [0.5, 0.6) is 0 Å². The standard InChI is InChI=1S/C14H19ClFNO/c15-11-8-10(6-7-12(11)16)9-17-13-4-2-1-3-5-14(13)18/h6-8,13-14,17-18H,1-5,9H2. The summed E-state index contributed by atoms with van der Waals surface area (Å²) in [6.07, 6.45) is 5.03. The molecular formula is C14H19ClFNO. The molecule has 0 bridgehead atoms. The van der Waals surface area contributed by atoms with Crippen molar-refractivity contribution in [2.45, 2.75) is 50.8 Å². The van der Waals surface area contributed by atoms with Gasteiger partial charge in [0.05, 0.1) is 11.1 Å². The average molecular weight is 272 g/mol. The van der Waals surface area contributed by atoms with Gasteiger partial charge in [0.15, 0.2) is 0 Å². The topological polar surface area (TPSA) is 32.3 Å². The van der Waals surface area contributed by atoms with Crippen LogP contribution >= 0.6 is 11.6 Å². The second-order valence-corrected chi connectivity index (χ2v) is 5.35. The van der Waals surface area contributed by atoms with Crippen molar-refractivity contribution in [1.29, 1.82) is 0 Å². The quantitative estimate of drug-likeness (QED) is 0.827. The van der Waals surface area contributed by atoms with Crippen LogP contribution in [0.15, 0.2) is 18.2 Å². The second kappa shape index (κ2) is 6.50. The van der Waals surface area contributed by atoms with Crippen LogP contribution in [-0.2, 0) is 6.54 Å². The summed E-state index contributed by atoms with van der Waals surface area (Å²) in [5, 5.41) is 13.5. The maximum absolute atomic E-state index is 13.0. The van der Waals surface area contributed by atoms with Crippen LogP contribution in [0, 0.1) is 5.82 Å². The Bertz CT molecular complexity index is 399. The lowest BCUT2D eigenvalue weighted by molar-refractivity contribution is 0.119. The van der Waals surface area contributed by atoms with Crippen molar-refractivity contribution in [3.05, 3.63) is 34.6 Å². The summed E-state index contributed by atoms with van der Waals surface area (Å²) >= 11 is 5.74. The summed E-state index contributed by atoms with van der Waals surface area (Å²) < 4.78 is 13.0. The molecule has 100 valence electrons. The third-order valence-electron chi connectivity index (χ3n) is 3.53. The van der Waals surface area contributed by atoms with Gasteiger partial charge >= 0.3 is 0 Å². The molecule has 0 aliphatic heterocycles. The molecule has 2 nitrogen and oxygen atoms in total. The van der Waals surface area contributed by atoms with E-state index in [-0.39, 0.29) is 17.2 Å². The predicted molar refractivity (Wildman–Crippen MR) is 71.1 cm³/mol. The number of rotatable bonds is 3. The lowest BCUT2D eigenvalue weighted by Gasteiger charge is -2.21. The Labute approximate surface area is 112 Å². The molecule has 2 atom stereocenters. The molecule has 1 aliphatic carbocycles. The zero-order chi connectivity index (χ0) is 13.0. The van der Waals surface area contributed by atoms with Crippen molar-refractivity contribution in [2.75, 3.05) is 0 Å². The number of aliphatic hydroxyl groups is 1. The molecule has 0 spiro atoms. The van der Waals surface area contributed by atoms with E-state index in [1.807, 2.05) is 0 Å². The summed E-state index contributed by atoms with van der Waals surface area (Å²) in [7, 11) is 0. The molecule has 0 aromatic heterocycles. The Balaban J connectivity index is 1.91. The van der Waals surface area contributed by atoms with E-state index in [2.05, 4.69) is 5.32 Å². The molecule has 0 heterocycles. The molecule has 2 unspecified atom stereocenters. The second-order valence-electron chi connectivity index (χ2n) is 4.94. The number of benzene rings is 1. The van der Waals surface area contributed by atoms with Crippen LogP contribution in [0.1, 0.15) is 37.7 Å². The number of aliphatic hydroxyl groups excluding tert-OH is 1. The largest absolute Gasteiger partial charge is 0.392 e. The van der Waals surface area contributed by atoms with Gasteiger partial charge < -0.3 is 10.4 Å². The van der Waals surface area contributed by atoms with Crippen LogP contribution in [0.25, 0.3) is 0 Å². The van der Waals surface area contributed by atoms with E-state index in [4.69, 9.17) is 11.6 Å². The van der Waals surface area contributed by atoms with E-state index in [0.29, 0.717) is 6.54 Å². The van der Waals surface area contributed by atoms with Crippen LogP contribution in [-0.4, -0.2) is 17.3 Å². The number of hydrogen-bond acceptors (Lipinski definition) is 2. The van der Waals surface area contributed by atoms with Gasteiger partial charge in [-0.25, -0.2) is 4.39 Å². The third-order valence-corrected chi connectivity index (χ3v) is 3.82. The fraction of sp³-hybridized carbons (Fsp3) is 0.571. The van der Waals surface area contributed by atoms with Gasteiger partial charge in [0, 0.05) is 12.6 Å². The highest BCUT2D eigenvalue weighted by Crippen LogP contribution is 2.19. The van der Waals surface area contributed by atoms with Crippen molar-refractivity contribution in [2.24, 2.45) is 0 Å². The minimum atomic E-state index is -0.394. The fourth-order valence-corrected chi connectivity index (χ4v) is 2.63. The molecule has 2 N–H and O–H groups in total. The van der Waals surface area contributed by atoms with E-state index in [1.54, 1.807) is 12.1 Å². The van der Waals surface area contributed by atoms with Gasteiger partial charge in [-0.3, -0.25) is 0 Å². The predicted octanol–water partition coefficient (Wildman–Crippen LogP) is 3.26. The van der Waals surface area contributed by atoms with Gasteiger partial charge in [-0.15, -0.1) is 0 Å². The van der Waals surface area contributed by atoms with Gasteiger partial charge in [0.1, 0.15) is 5.82 Å². The first-order valence-corrected chi connectivity index (χ1v) is 6.90. The van der Waals surface area contributed by atoms with E-state index >= 15 is 0 Å². The zero-order valence-corrected chi connectivity index (χ0v) is 11.1. The van der Waals surface area contributed by atoms with E-state index in [1.165, 1.54) is 12.5 Å². The molecule has 1 aromatic carbocycles. The molecule has 1 aromatic rings. The molecule has 4 heteroatoms. The van der Waals surface area contributed by atoms with E-state index in [0.717, 1.165) is 31.2 Å². The monoisotopic (exact) mass is 271 g/mol. The number of halogens is 2. The van der Waals surface area contributed by atoms with Crippen LogP contribution in [0.4, 0.5) is 4.39 Å². The van der Waals surface area contributed by atoms with Gasteiger partial charge in [-0.2, -0.15) is 0 Å². The molecule has 0 radical (unpaired) electrons. The minimum Gasteiger partial charge on any atom is -0.392 e. The lowest BCUT2D eigenvalue weighted by Crippen LogP contribution is -2.38. The van der Waals surface area contributed by atoms with Gasteiger partial charge in [0.2, 0.25) is 0 Å². The smallest absolute Gasteiger partial charge is 0.141 e. The molecule has 2 rings (SSSR count). The molecule has 1 saturated carbocycles. The summed E-state index contributed by atoms with van der Waals surface area (Å²) in [5.74, 6) is -0.394. The van der Waals surface area contributed by atoms with Crippen molar-refractivity contribution < 1.29 is 9.50 Å². The maximum atomic E-state index is 13.0. The Morgan fingerprint density at radius 2 is 2.06 bits per heavy atom. The number of hydrogen-bond donors (Lipinski definition) is 2. The summed E-state index contributed by atoms with van der Waals surface area (Å²) in [6, 6.07) is 4.86. The highest BCUT2D eigenvalue weighted by atomic mass is 35.5. The van der Waals surface area contributed by atoms with Gasteiger partial charge in [-0.1, -0.05) is 36.9 Å². The van der Waals surface area contributed by atoms with Crippen LogP contribution < -0.4 is 5.32 Å². The van der Waals surface area contributed by atoms with E-state index in [9.17, 15) is 9.50 Å². The molecular weight excluding hydrogens is 253 g/mol. The van der Waals surface area contributed by atoms with Crippen molar-refractivity contribution in [1.82, 2.24) is 5.32 Å². The minimum absolute atomic E-state index is 0.135.